The summed E-state index contributed by atoms with van der Waals surface area (Å²) in [5, 5.41) is 4.70. The van der Waals surface area contributed by atoms with Crippen molar-refractivity contribution in [2.45, 2.75) is 71.2 Å². The van der Waals surface area contributed by atoms with Gasteiger partial charge in [-0.1, -0.05) is 0 Å². The molecule has 29 heavy (non-hydrogen) atoms. The van der Waals surface area contributed by atoms with Crippen molar-refractivity contribution >= 4 is 11.9 Å². The number of ether oxygens (including phenoxy) is 1. The number of hydrogen-bond donors (Lipinski definition) is 0. The lowest BCUT2D eigenvalue weighted by Crippen LogP contribution is -2.50. The summed E-state index contributed by atoms with van der Waals surface area (Å²) in [6.45, 7) is 9.89. The third-order valence-electron chi connectivity index (χ3n) is 5.67. The van der Waals surface area contributed by atoms with E-state index in [4.69, 9.17) is 9.84 Å². The highest BCUT2D eigenvalue weighted by Gasteiger charge is 2.42. The van der Waals surface area contributed by atoms with Crippen LogP contribution >= 0.6 is 0 Å². The quantitative estimate of drug-likeness (QED) is 0.710. The highest BCUT2D eigenvalue weighted by atomic mass is 19.4. The van der Waals surface area contributed by atoms with Gasteiger partial charge in [0.1, 0.15) is 5.60 Å². The number of aryl methyl sites for hydroxylation is 1. The molecule has 0 atom stereocenters. The third-order valence-corrected chi connectivity index (χ3v) is 5.67. The summed E-state index contributed by atoms with van der Waals surface area (Å²) in [5.74, 6) is -0.362. The molecule has 2 fully saturated rings. The largest absolute Gasteiger partial charge is 0.444 e. The smallest absolute Gasteiger partial charge is 0.410 e. The van der Waals surface area contributed by atoms with E-state index >= 15 is 0 Å². The van der Waals surface area contributed by atoms with Crippen molar-refractivity contribution in [3.8, 4) is 0 Å². The first-order chi connectivity index (χ1) is 13.4. The van der Waals surface area contributed by atoms with Gasteiger partial charge in [0.2, 0.25) is 0 Å². The van der Waals surface area contributed by atoms with Crippen molar-refractivity contribution in [2.24, 2.45) is 5.92 Å². The summed E-state index contributed by atoms with van der Waals surface area (Å²) >= 11 is 0. The standard InChI is InChI=1S/C20H31F3N4O2/c1-14-13-17(24-27(14)16-7-5-15(6-8-16)20(21,22)23)25-9-11-26(12-10-25)18(28)29-19(2,3)4/h13,15-16H,5-12H2,1-4H3. The van der Waals surface area contributed by atoms with Gasteiger partial charge in [0.25, 0.3) is 0 Å². The average molecular weight is 416 g/mol. The molecule has 1 saturated carbocycles. The van der Waals surface area contributed by atoms with Crippen molar-refractivity contribution in [3.63, 3.8) is 0 Å². The number of alkyl halides is 3. The van der Waals surface area contributed by atoms with Crippen LogP contribution in [0.1, 0.15) is 58.2 Å². The van der Waals surface area contributed by atoms with Crippen LogP contribution in [0.2, 0.25) is 0 Å². The van der Waals surface area contributed by atoms with Gasteiger partial charge in [-0.15, -0.1) is 0 Å². The second-order valence-electron chi connectivity index (χ2n) is 9.09. The molecule has 0 radical (unpaired) electrons. The number of amides is 1. The Morgan fingerprint density at radius 1 is 1.07 bits per heavy atom. The number of hydrogen-bond acceptors (Lipinski definition) is 4. The first-order valence-electron chi connectivity index (χ1n) is 10.3. The number of piperazine rings is 1. The van der Waals surface area contributed by atoms with E-state index in [9.17, 15) is 18.0 Å². The van der Waals surface area contributed by atoms with E-state index in [0.29, 0.717) is 39.0 Å². The first kappa shape index (κ1) is 21.8. The van der Waals surface area contributed by atoms with E-state index in [0.717, 1.165) is 11.5 Å². The van der Waals surface area contributed by atoms with Gasteiger partial charge >= 0.3 is 12.3 Å². The minimum absolute atomic E-state index is 0.0189. The molecule has 0 spiro atoms. The van der Waals surface area contributed by atoms with Crippen LogP contribution in [0.3, 0.4) is 0 Å². The Labute approximate surface area is 170 Å². The number of carbonyl (C=O) groups excluding carboxylic acids is 1. The van der Waals surface area contributed by atoms with Crippen molar-refractivity contribution in [3.05, 3.63) is 11.8 Å². The SMILES string of the molecule is Cc1cc(N2CCN(C(=O)OC(C)(C)C)CC2)nn1C1CCC(C(F)(F)F)CC1. The lowest BCUT2D eigenvalue weighted by atomic mass is 9.85. The fourth-order valence-corrected chi connectivity index (χ4v) is 4.09. The summed E-state index contributed by atoms with van der Waals surface area (Å²) in [7, 11) is 0. The maximum absolute atomic E-state index is 12.9. The van der Waals surface area contributed by atoms with Gasteiger partial charge in [0.05, 0.1) is 12.0 Å². The predicted molar refractivity (Wildman–Crippen MR) is 104 cm³/mol. The van der Waals surface area contributed by atoms with Crippen molar-refractivity contribution in [2.75, 3.05) is 31.1 Å². The molecule has 2 aliphatic rings. The molecule has 2 heterocycles. The zero-order valence-corrected chi connectivity index (χ0v) is 17.6. The van der Waals surface area contributed by atoms with Crippen LogP contribution < -0.4 is 4.90 Å². The zero-order chi connectivity index (χ0) is 21.4. The van der Waals surface area contributed by atoms with E-state index in [2.05, 4.69) is 4.90 Å². The van der Waals surface area contributed by atoms with Gasteiger partial charge in [-0.2, -0.15) is 18.3 Å². The summed E-state index contributed by atoms with van der Waals surface area (Å²) in [5.41, 5.74) is 0.444. The minimum Gasteiger partial charge on any atom is -0.444 e. The highest BCUT2D eigenvalue weighted by Crippen LogP contribution is 2.41. The maximum atomic E-state index is 12.9. The Morgan fingerprint density at radius 3 is 2.17 bits per heavy atom. The summed E-state index contributed by atoms with van der Waals surface area (Å²) in [6.07, 6.45) is -3.07. The van der Waals surface area contributed by atoms with Gasteiger partial charge in [-0.3, -0.25) is 4.68 Å². The van der Waals surface area contributed by atoms with E-state index < -0.39 is 17.7 Å². The molecule has 1 saturated heterocycles. The van der Waals surface area contributed by atoms with Crippen LogP contribution in [0.5, 0.6) is 0 Å². The average Bonchev–Trinajstić information content (AvgIpc) is 3.01. The molecule has 1 aliphatic heterocycles. The Hall–Kier alpha value is -1.93. The Kier molecular flexibility index (Phi) is 6.06. The van der Waals surface area contributed by atoms with E-state index in [-0.39, 0.29) is 25.0 Å². The Balaban J connectivity index is 1.57. The number of rotatable bonds is 2. The molecule has 1 aromatic rings. The lowest BCUT2D eigenvalue weighted by Gasteiger charge is -2.35. The third kappa shape index (κ3) is 5.36. The molecule has 0 aromatic carbocycles. The van der Waals surface area contributed by atoms with Gasteiger partial charge in [-0.25, -0.2) is 4.79 Å². The summed E-state index contributed by atoms with van der Waals surface area (Å²) in [6, 6.07) is 2.00. The molecular formula is C20H31F3N4O2. The minimum atomic E-state index is -4.09. The molecule has 0 bridgehead atoms. The molecule has 9 heteroatoms. The molecule has 0 N–H and O–H groups in total. The van der Waals surface area contributed by atoms with Gasteiger partial charge in [0, 0.05) is 37.9 Å². The molecular weight excluding hydrogens is 385 g/mol. The molecule has 164 valence electrons. The Morgan fingerprint density at radius 2 is 1.66 bits per heavy atom. The monoisotopic (exact) mass is 416 g/mol. The van der Waals surface area contributed by atoms with Gasteiger partial charge < -0.3 is 14.5 Å². The second-order valence-corrected chi connectivity index (χ2v) is 9.09. The molecule has 1 aliphatic carbocycles. The molecule has 6 nitrogen and oxygen atoms in total. The van der Waals surface area contributed by atoms with Crippen LogP contribution in [0.15, 0.2) is 6.07 Å². The summed E-state index contributed by atoms with van der Waals surface area (Å²) < 4.78 is 46.0. The van der Waals surface area contributed by atoms with Crippen LogP contribution in [-0.2, 0) is 4.74 Å². The van der Waals surface area contributed by atoms with Crippen molar-refractivity contribution < 1.29 is 22.7 Å². The maximum Gasteiger partial charge on any atom is 0.410 e. The molecule has 3 rings (SSSR count). The normalized spacial score (nSPS) is 24.0. The van der Waals surface area contributed by atoms with Crippen LogP contribution in [0.25, 0.3) is 0 Å². The lowest BCUT2D eigenvalue weighted by molar-refractivity contribution is -0.183. The van der Waals surface area contributed by atoms with Crippen LogP contribution in [0.4, 0.5) is 23.8 Å². The molecule has 0 unspecified atom stereocenters. The number of aromatic nitrogens is 2. The zero-order valence-electron chi connectivity index (χ0n) is 17.6. The number of anilines is 1. The van der Waals surface area contributed by atoms with Gasteiger partial charge in [0.15, 0.2) is 5.82 Å². The second kappa shape index (κ2) is 8.07. The fraction of sp³-hybridized carbons (Fsp3) is 0.800. The van der Waals surface area contributed by atoms with E-state index in [1.807, 2.05) is 38.4 Å². The van der Waals surface area contributed by atoms with Crippen molar-refractivity contribution in [1.82, 2.24) is 14.7 Å². The van der Waals surface area contributed by atoms with E-state index in [1.54, 1.807) is 4.90 Å². The number of halogens is 3. The predicted octanol–water partition coefficient (Wildman–Crippen LogP) is 4.54. The summed E-state index contributed by atoms with van der Waals surface area (Å²) in [4.78, 5) is 16.0. The Bertz CT molecular complexity index is 710. The van der Waals surface area contributed by atoms with Crippen LogP contribution in [0, 0.1) is 12.8 Å². The van der Waals surface area contributed by atoms with Crippen LogP contribution in [-0.4, -0.2) is 58.7 Å². The van der Waals surface area contributed by atoms with Gasteiger partial charge in [-0.05, 0) is 53.4 Å². The van der Waals surface area contributed by atoms with Crippen molar-refractivity contribution in [1.29, 1.82) is 0 Å². The first-order valence-corrected chi connectivity index (χ1v) is 10.3. The fourth-order valence-electron chi connectivity index (χ4n) is 4.09. The molecule has 1 aromatic heterocycles. The number of carbonyl (C=O) groups is 1. The van der Waals surface area contributed by atoms with E-state index in [1.165, 1.54) is 0 Å². The number of nitrogens with zero attached hydrogens (tertiary/aromatic N) is 4. The topological polar surface area (TPSA) is 50.6 Å². The molecule has 1 amide bonds. The highest BCUT2D eigenvalue weighted by molar-refractivity contribution is 5.68.